The number of pyridine rings is 1. The molecule has 0 saturated carbocycles. The molecule has 0 radical (unpaired) electrons. The quantitative estimate of drug-likeness (QED) is 0.234. The molecule has 5 aromatic carbocycles. The summed E-state index contributed by atoms with van der Waals surface area (Å²) < 4.78 is 0. The van der Waals surface area contributed by atoms with Gasteiger partial charge in [-0.1, -0.05) is 97.1 Å². The molecule has 0 atom stereocenters. The second kappa shape index (κ2) is 9.38. The number of fused-ring (bicyclic) bond motifs is 2. The van der Waals surface area contributed by atoms with Crippen molar-refractivity contribution in [1.29, 1.82) is 0 Å². The fraction of sp³-hybridized carbons (Fsp3) is 0. The minimum Gasteiger partial charge on any atom is -0.253 e. The molecule has 3 nitrogen and oxygen atoms in total. The van der Waals surface area contributed by atoms with Gasteiger partial charge in [0.1, 0.15) is 5.69 Å². The third-order valence-electron chi connectivity index (χ3n) is 6.91. The molecule has 0 N–H and O–H groups in total. The molecular weight excluding hydrogens is 462 g/mol. The molecule has 0 unspecified atom stereocenters. The van der Waals surface area contributed by atoms with Gasteiger partial charge < -0.3 is 0 Å². The highest BCUT2D eigenvalue weighted by Crippen LogP contribution is 2.31. The second-order valence-corrected chi connectivity index (χ2v) is 9.38. The largest absolute Gasteiger partial charge is 0.253 e. The average Bonchev–Trinajstić information content (AvgIpc) is 3.00. The van der Waals surface area contributed by atoms with Gasteiger partial charge in [0.15, 0.2) is 5.82 Å². The Balaban J connectivity index is 1.36. The molecule has 3 heteroatoms. The third-order valence-corrected chi connectivity index (χ3v) is 6.91. The van der Waals surface area contributed by atoms with E-state index in [2.05, 4.69) is 114 Å². The first-order valence-corrected chi connectivity index (χ1v) is 12.7. The van der Waals surface area contributed by atoms with Crippen molar-refractivity contribution >= 4 is 21.5 Å². The van der Waals surface area contributed by atoms with Gasteiger partial charge in [-0.15, -0.1) is 0 Å². The molecule has 0 fully saturated rings. The van der Waals surface area contributed by atoms with Gasteiger partial charge in [0.25, 0.3) is 0 Å². The van der Waals surface area contributed by atoms with Crippen LogP contribution >= 0.6 is 0 Å². The maximum atomic E-state index is 4.96. The second-order valence-electron chi connectivity index (χ2n) is 9.38. The standard InChI is InChI=1S/C35H23N3/c1-2-8-24(9-3-1)25-13-15-26(16-14-25)33-23-34(38-35(37-33)32-12-6-7-19-36-32)30-18-17-29-20-27-10-4-5-11-28(27)21-31(29)22-30/h1-23H. The summed E-state index contributed by atoms with van der Waals surface area (Å²) in [5.74, 6) is 0.615. The van der Waals surface area contributed by atoms with E-state index < -0.39 is 0 Å². The van der Waals surface area contributed by atoms with E-state index in [1.54, 1.807) is 6.20 Å². The number of benzene rings is 5. The first-order valence-electron chi connectivity index (χ1n) is 12.7. The van der Waals surface area contributed by atoms with Crippen LogP contribution in [0.4, 0.5) is 0 Å². The molecule has 0 saturated heterocycles. The zero-order valence-corrected chi connectivity index (χ0v) is 20.6. The van der Waals surface area contributed by atoms with Crippen molar-refractivity contribution in [2.75, 3.05) is 0 Å². The number of hydrogen-bond donors (Lipinski definition) is 0. The van der Waals surface area contributed by atoms with Gasteiger partial charge in [-0.3, -0.25) is 4.98 Å². The van der Waals surface area contributed by atoms with Crippen molar-refractivity contribution in [2.24, 2.45) is 0 Å². The zero-order valence-electron chi connectivity index (χ0n) is 20.6. The maximum Gasteiger partial charge on any atom is 0.179 e. The van der Waals surface area contributed by atoms with Gasteiger partial charge in [-0.05, 0) is 69.1 Å². The number of rotatable bonds is 4. The molecule has 178 valence electrons. The van der Waals surface area contributed by atoms with Gasteiger partial charge in [0.05, 0.1) is 11.4 Å². The monoisotopic (exact) mass is 485 g/mol. The number of hydrogen-bond acceptors (Lipinski definition) is 3. The molecule has 0 bridgehead atoms. The lowest BCUT2D eigenvalue weighted by molar-refractivity contribution is 1.15. The molecule has 7 aromatic rings. The minimum absolute atomic E-state index is 0.615. The van der Waals surface area contributed by atoms with Crippen molar-refractivity contribution in [3.63, 3.8) is 0 Å². The summed E-state index contributed by atoms with van der Waals surface area (Å²) in [7, 11) is 0. The third kappa shape index (κ3) is 4.21. The van der Waals surface area contributed by atoms with Crippen LogP contribution in [0.5, 0.6) is 0 Å². The highest BCUT2D eigenvalue weighted by molar-refractivity contribution is 5.99. The fourth-order valence-electron chi connectivity index (χ4n) is 4.92. The summed E-state index contributed by atoms with van der Waals surface area (Å²) in [6.07, 6.45) is 1.78. The zero-order chi connectivity index (χ0) is 25.3. The van der Waals surface area contributed by atoms with Crippen LogP contribution < -0.4 is 0 Å². The van der Waals surface area contributed by atoms with Crippen LogP contribution in [-0.2, 0) is 0 Å². The smallest absolute Gasteiger partial charge is 0.179 e. The van der Waals surface area contributed by atoms with Gasteiger partial charge >= 0.3 is 0 Å². The SMILES string of the molecule is c1ccc(-c2ccc(-c3cc(-c4ccc5cc6ccccc6cc5c4)nc(-c4ccccn4)n3)cc2)cc1. The predicted octanol–water partition coefficient (Wildman–Crippen LogP) is 8.85. The highest BCUT2D eigenvalue weighted by Gasteiger charge is 2.12. The normalized spacial score (nSPS) is 11.2. The van der Waals surface area contributed by atoms with Crippen LogP contribution in [0.25, 0.3) is 66.7 Å². The summed E-state index contributed by atoms with van der Waals surface area (Å²) >= 11 is 0. The number of nitrogens with zero attached hydrogens (tertiary/aromatic N) is 3. The van der Waals surface area contributed by atoms with Crippen LogP contribution in [-0.4, -0.2) is 15.0 Å². The Hall–Kier alpha value is -5.15. The van der Waals surface area contributed by atoms with Gasteiger partial charge in [0.2, 0.25) is 0 Å². The van der Waals surface area contributed by atoms with Gasteiger partial charge in [-0.25, -0.2) is 9.97 Å². The Morgan fingerprint density at radius 2 is 0.921 bits per heavy atom. The first kappa shape index (κ1) is 22.1. The lowest BCUT2D eigenvalue weighted by atomic mass is 9.99. The van der Waals surface area contributed by atoms with E-state index in [9.17, 15) is 0 Å². The van der Waals surface area contributed by atoms with Crippen LogP contribution in [0, 0.1) is 0 Å². The van der Waals surface area contributed by atoms with Crippen molar-refractivity contribution in [1.82, 2.24) is 15.0 Å². The Labute approximate surface area is 221 Å². The van der Waals surface area contributed by atoms with E-state index in [0.717, 1.165) is 28.2 Å². The summed E-state index contributed by atoms with van der Waals surface area (Å²) in [4.78, 5) is 14.4. The van der Waals surface area contributed by atoms with Crippen LogP contribution in [0.1, 0.15) is 0 Å². The lowest BCUT2D eigenvalue weighted by Crippen LogP contribution is -1.97. The van der Waals surface area contributed by atoms with Crippen molar-refractivity contribution < 1.29 is 0 Å². The summed E-state index contributed by atoms with van der Waals surface area (Å²) in [5, 5.41) is 4.87. The van der Waals surface area contributed by atoms with Crippen molar-refractivity contribution in [2.45, 2.75) is 0 Å². The van der Waals surface area contributed by atoms with Crippen LogP contribution in [0.15, 0.2) is 140 Å². The Bertz CT molecular complexity index is 1890. The van der Waals surface area contributed by atoms with Gasteiger partial charge in [0, 0.05) is 17.3 Å². The Morgan fingerprint density at radius 1 is 0.342 bits per heavy atom. The highest BCUT2D eigenvalue weighted by atomic mass is 14.9. The first-order chi connectivity index (χ1) is 18.8. The molecule has 2 aromatic heterocycles. The minimum atomic E-state index is 0.615. The lowest BCUT2D eigenvalue weighted by Gasteiger charge is -2.11. The van der Waals surface area contributed by atoms with E-state index in [-0.39, 0.29) is 0 Å². The molecule has 0 amide bonds. The topological polar surface area (TPSA) is 38.7 Å². The van der Waals surface area contributed by atoms with Crippen LogP contribution in [0.2, 0.25) is 0 Å². The average molecular weight is 486 g/mol. The Morgan fingerprint density at radius 3 is 1.66 bits per heavy atom. The molecule has 0 spiro atoms. The van der Waals surface area contributed by atoms with E-state index >= 15 is 0 Å². The Kier molecular flexibility index (Phi) is 5.45. The fourth-order valence-corrected chi connectivity index (χ4v) is 4.92. The molecule has 0 aliphatic rings. The molecule has 38 heavy (non-hydrogen) atoms. The van der Waals surface area contributed by atoms with Crippen LogP contribution in [0.3, 0.4) is 0 Å². The predicted molar refractivity (Wildman–Crippen MR) is 157 cm³/mol. The van der Waals surface area contributed by atoms with E-state index in [4.69, 9.17) is 9.97 Å². The van der Waals surface area contributed by atoms with E-state index in [1.807, 2.05) is 24.3 Å². The van der Waals surface area contributed by atoms with Crippen molar-refractivity contribution in [3.8, 4) is 45.2 Å². The summed E-state index contributed by atoms with van der Waals surface area (Å²) in [6.45, 7) is 0. The van der Waals surface area contributed by atoms with Gasteiger partial charge in [-0.2, -0.15) is 0 Å². The number of aromatic nitrogens is 3. The summed E-state index contributed by atoms with van der Waals surface area (Å²) in [5.41, 5.74) is 6.96. The summed E-state index contributed by atoms with van der Waals surface area (Å²) in [6, 6.07) is 46.4. The van der Waals surface area contributed by atoms with Crippen molar-refractivity contribution in [3.05, 3.63) is 140 Å². The molecule has 2 heterocycles. The maximum absolute atomic E-state index is 4.96. The molecular formula is C35H23N3. The molecule has 0 aliphatic carbocycles. The molecule has 0 aliphatic heterocycles. The van der Waals surface area contributed by atoms with E-state index in [0.29, 0.717) is 5.82 Å². The van der Waals surface area contributed by atoms with E-state index in [1.165, 1.54) is 32.7 Å². The molecule has 7 rings (SSSR count).